The molecular weight excluding hydrogens is 146 g/mol. The van der Waals surface area contributed by atoms with E-state index in [0.717, 1.165) is 6.42 Å². The molecule has 0 saturated heterocycles. The first-order valence-electron chi connectivity index (χ1n) is 4.41. The van der Waals surface area contributed by atoms with Gasteiger partial charge in [-0.15, -0.1) is 0 Å². The average molecular weight is 162 g/mol. The Balaban J connectivity index is 2.59. The van der Waals surface area contributed by atoms with Gasteiger partial charge in [0.15, 0.2) is 0 Å². The summed E-state index contributed by atoms with van der Waals surface area (Å²) in [6.07, 6.45) is 1.05. The maximum Gasteiger partial charge on any atom is 0.0297 e. The number of nitrogens with two attached hydrogens (primary N) is 1. The zero-order chi connectivity index (χ0) is 8.97. The fourth-order valence-corrected chi connectivity index (χ4v) is 1.29. The number of hydrogen-bond donors (Lipinski definition) is 1. The minimum Gasteiger partial charge on any atom is -0.324 e. The summed E-state index contributed by atoms with van der Waals surface area (Å²) in [5.41, 5.74) is 7.19. The molecule has 0 amide bonds. The lowest BCUT2D eigenvalue weighted by Gasteiger charge is -2.13. The van der Waals surface area contributed by atoms with E-state index in [1.807, 2.05) is 24.3 Å². The zero-order valence-electron chi connectivity index (χ0n) is 7.75. The van der Waals surface area contributed by atoms with Gasteiger partial charge in [-0.25, -0.2) is 0 Å². The molecule has 65 valence electrons. The molecule has 1 aromatic carbocycles. The van der Waals surface area contributed by atoms with Crippen LogP contribution in [0.4, 0.5) is 0 Å². The van der Waals surface area contributed by atoms with Gasteiger partial charge in [-0.2, -0.15) is 0 Å². The Morgan fingerprint density at radius 1 is 1.33 bits per heavy atom. The Morgan fingerprint density at radius 2 is 1.92 bits per heavy atom. The molecule has 0 spiro atoms. The highest BCUT2D eigenvalue weighted by molar-refractivity contribution is 5.17. The molecule has 1 radical (unpaired) electrons. The monoisotopic (exact) mass is 162 g/mol. The van der Waals surface area contributed by atoms with E-state index in [2.05, 4.69) is 19.9 Å². The van der Waals surface area contributed by atoms with E-state index in [1.54, 1.807) is 0 Å². The van der Waals surface area contributed by atoms with Crippen LogP contribution in [0.1, 0.15) is 31.9 Å². The molecule has 0 aliphatic heterocycles. The highest BCUT2D eigenvalue weighted by atomic mass is 14.6. The molecule has 1 atom stereocenters. The quantitative estimate of drug-likeness (QED) is 0.726. The van der Waals surface area contributed by atoms with Crippen LogP contribution in [0.2, 0.25) is 0 Å². The summed E-state index contributed by atoms with van der Waals surface area (Å²) in [6, 6.07) is 11.1. The van der Waals surface area contributed by atoms with Crippen molar-refractivity contribution >= 4 is 0 Å². The van der Waals surface area contributed by atoms with Gasteiger partial charge in [-0.1, -0.05) is 38.1 Å². The predicted octanol–water partition coefficient (Wildman–Crippen LogP) is 2.53. The van der Waals surface area contributed by atoms with E-state index >= 15 is 0 Å². The Bertz CT molecular complexity index is 216. The van der Waals surface area contributed by atoms with E-state index in [4.69, 9.17) is 5.73 Å². The van der Waals surface area contributed by atoms with Gasteiger partial charge in [0.2, 0.25) is 0 Å². The smallest absolute Gasteiger partial charge is 0.0297 e. The van der Waals surface area contributed by atoms with Crippen LogP contribution in [0.5, 0.6) is 0 Å². The molecule has 0 bridgehead atoms. The van der Waals surface area contributed by atoms with E-state index in [0.29, 0.717) is 5.92 Å². The van der Waals surface area contributed by atoms with E-state index < -0.39 is 0 Å². The van der Waals surface area contributed by atoms with Crippen LogP contribution in [0, 0.1) is 12.0 Å². The Labute approximate surface area is 74.6 Å². The molecule has 0 fully saturated rings. The molecule has 0 aliphatic rings. The van der Waals surface area contributed by atoms with Gasteiger partial charge in [0.25, 0.3) is 0 Å². The summed E-state index contributed by atoms with van der Waals surface area (Å²) in [6.45, 7) is 4.38. The van der Waals surface area contributed by atoms with Crippen LogP contribution in [0.15, 0.2) is 24.3 Å². The molecule has 1 heteroatoms. The van der Waals surface area contributed by atoms with Crippen molar-refractivity contribution in [2.45, 2.75) is 26.3 Å². The van der Waals surface area contributed by atoms with Gasteiger partial charge in [0.05, 0.1) is 0 Å². The highest BCUT2D eigenvalue weighted by Gasteiger charge is 2.06. The van der Waals surface area contributed by atoms with Crippen molar-refractivity contribution in [2.24, 2.45) is 11.7 Å². The van der Waals surface area contributed by atoms with Crippen molar-refractivity contribution in [3.63, 3.8) is 0 Å². The van der Waals surface area contributed by atoms with Gasteiger partial charge in [0.1, 0.15) is 0 Å². The lowest BCUT2D eigenvalue weighted by atomic mass is 9.98. The summed E-state index contributed by atoms with van der Waals surface area (Å²) < 4.78 is 0. The maximum atomic E-state index is 5.98. The van der Waals surface area contributed by atoms with Crippen molar-refractivity contribution < 1.29 is 0 Å². The normalized spacial score (nSPS) is 13.3. The Hall–Kier alpha value is -0.820. The van der Waals surface area contributed by atoms with E-state index in [-0.39, 0.29) is 6.04 Å². The molecule has 0 aromatic heterocycles. The van der Waals surface area contributed by atoms with Crippen molar-refractivity contribution in [1.82, 2.24) is 0 Å². The number of rotatable bonds is 3. The lowest BCUT2D eigenvalue weighted by molar-refractivity contribution is 0.510. The lowest BCUT2D eigenvalue weighted by Crippen LogP contribution is -2.12. The standard InChI is InChI=1S/C11H16N/c1-9(2)8-11(12)10-6-4-3-5-7-10/h4-7,9,11H,8,12H2,1-2H3. The van der Waals surface area contributed by atoms with E-state index in [1.165, 1.54) is 5.56 Å². The third-order valence-corrected chi connectivity index (χ3v) is 1.90. The van der Waals surface area contributed by atoms with Crippen LogP contribution < -0.4 is 5.73 Å². The average Bonchev–Trinajstić information content (AvgIpc) is 2.05. The van der Waals surface area contributed by atoms with Crippen molar-refractivity contribution in [2.75, 3.05) is 0 Å². The Kier molecular flexibility index (Phi) is 3.30. The van der Waals surface area contributed by atoms with E-state index in [9.17, 15) is 0 Å². The van der Waals surface area contributed by atoms with Gasteiger partial charge >= 0.3 is 0 Å². The minimum absolute atomic E-state index is 0.180. The SMILES string of the molecule is CC(C)CC(N)c1cc[c]cc1. The fourth-order valence-electron chi connectivity index (χ4n) is 1.29. The van der Waals surface area contributed by atoms with Crippen molar-refractivity contribution in [1.29, 1.82) is 0 Å². The molecule has 0 aliphatic carbocycles. The van der Waals surface area contributed by atoms with Crippen molar-refractivity contribution in [3.05, 3.63) is 35.9 Å². The van der Waals surface area contributed by atoms with Crippen LogP contribution >= 0.6 is 0 Å². The highest BCUT2D eigenvalue weighted by Crippen LogP contribution is 2.17. The molecule has 1 unspecified atom stereocenters. The summed E-state index contributed by atoms with van der Waals surface area (Å²) >= 11 is 0. The van der Waals surface area contributed by atoms with Gasteiger partial charge in [-0.05, 0) is 24.0 Å². The van der Waals surface area contributed by atoms with Crippen LogP contribution in [0.25, 0.3) is 0 Å². The van der Waals surface area contributed by atoms with Crippen molar-refractivity contribution in [3.8, 4) is 0 Å². The van der Waals surface area contributed by atoms with Gasteiger partial charge < -0.3 is 5.73 Å². The minimum atomic E-state index is 0.180. The topological polar surface area (TPSA) is 26.0 Å². The van der Waals surface area contributed by atoms with Crippen LogP contribution in [-0.4, -0.2) is 0 Å². The summed E-state index contributed by atoms with van der Waals surface area (Å²) in [5.74, 6) is 0.657. The Morgan fingerprint density at radius 3 is 2.42 bits per heavy atom. The van der Waals surface area contributed by atoms with Crippen LogP contribution in [-0.2, 0) is 0 Å². The van der Waals surface area contributed by atoms with Gasteiger partial charge in [-0.3, -0.25) is 0 Å². The second-order valence-corrected chi connectivity index (χ2v) is 3.57. The maximum absolute atomic E-state index is 5.98. The molecule has 0 heterocycles. The molecule has 1 rings (SSSR count). The second kappa shape index (κ2) is 4.27. The third kappa shape index (κ3) is 2.67. The first kappa shape index (κ1) is 9.27. The molecule has 0 saturated carbocycles. The van der Waals surface area contributed by atoms with Crippen LogP contribution in [0.3, 0.4) is 0 Å². The summed E-state index contributed by atoms with van der Waals surface area (Å²) in [7, 11) is 0. The molecule has 2 N–H and O–H groups in total. The molecule has 12 heavy (non-hydrogen) atoms. The number of benzene rings is 1. The largest absolute Gasteiger partial charge is 0.324 e. The molecule has 1 aromatic rings. The second-order valence-electron chi connectivity index (χ2n) is 3.57. The molecular formula is C11H16N. The first-order chi connectivity index (χ1) is 5.70. The summed E-state index contributed by atoms with van der Waals surface area (Å²) in [5, 5.41) is 0. The zero-order valence-corrected chi connectivity index (χ0v) is 7.75. The third-order valence-electron chi connectivity index (χ3n) is 1.90. The summed E-state index contributed by atoms with van der Waals surface area (Å²) in [4.78, 5) is 0. The fraction of sp³-hybridized carbons (Fsp3) is 0.455. The van der Waals surface area contributed by atoms with Gasteiger partial charge in [0, 0.05) is 6.04 Å². The number of hydrogen-bond acceptors (Lipinski definition) is 1. The molecule has 1 nitrogen and oxygen atoms in total. The predicted molar refractivity (Wildman–Crippen MR) is 51.7 cm³/mol. The first-order valence-corrected chi connectivity index (χ1v) is 4.41.